The molecule has 4 rings (SSSR count). The van der Waals surface area contributed by atoms with Crippen molar-refractivity contribution >= 4 is 16.7 Å². The second-order valence-corrected chi connectivity index (χ2v) is 8.71. The molecule has 0 amide bonds. The van der Waals surface area contributed by atoms with E-state index in [2.05, 4.69) is 27.6 Å². The number of aromatic nitrogens is 4. The van der Waals surface area contributed by atoms with Crippen LogP contribution in [0.5, 0.6) is 5.75 Å². The number of fused-ring (bicyclic) bond motifs is 1. The quantitative estimate of drug-likeness (QED) is 0.340. The largest absolute Gasteiger partial charge is 0.483 e. The van der Waals surface area contributed by atoms with Gasteiger partial charge in [0.1, 0.15) is 23.1 Å². The van der Waals surface area contributed by atoms with Crippen LogP contribution in [0.25, 0.3) is 16.6 Å². The third-order valence-corrected chi connectivity index (χ3v) is 6.19. The Hall–Kier alpha value is -3.49. The molecule has 1 unspecified atom stereocenters. The average Bonchev–Trinajstić information content (AvgIpc) is 3.23. The standard InChI is InChI=1S/C27H34N6O2/c1-19-25-20(2)33(31-26(25)27(30-29-19)32(4)17-10-18-34)22-13-8-9-14-24(22)35-23(15-16-28-3)21-11-6-5-7-12-21/h5-9,11-14,23,28,34H,10,15-18H2,1-4H3. The first-order valence-corrected chi connectivity index (χ1v) is 12.0. The first-order valence-electron chi connectivity index (χ1n) is 12.0. The van der Waals surface area contributed by atoms with Crippen LogP contribution < -0.4 is 15.0 Å². The number of anilines is 1. The maximum absolute atomic E-state index is 9.25. The fraction of sp³-hybridized carbons (Fsp3) is 0.370. The first kappa shape index (κ1) is 24.6. The van der Waals surface area contributed by atoms with Crippen LogP contribution in [0.15, 0.2) is 54.6 Å². The number of nitrogens with one attached hydrogen (secondary N) is 1. The SMILES string of the molecule is CNCCC(Oc1ccccc1-n1nc2c(N(C)CCCO)nnc(C)c2c1C)c1ccccc1. The van der Waals surface area contributed by atoms with E-state index in [1.165, 1.54) is 0 Å². The van der Waals surface area contributed by atoms with Gasteiger partial charge < -0.3 is 20.1 Å². The molecule has 35 heavy (non-hydrogen) atoms. The smallest absolute Gasteiger partial charge is 0.179 e. The Kier molecular flexibility index (Phi) is 7.94. The molecule has 4 aromatic rings. The first-order chi connectivity index (χ1) is 17.0. The van der Waals surface area contributed by atoms with E-state index >= 15 is 0 Å². The van der Waals surface area contributed by atoms with Crippen molar-refractivity contribution < 1.29 is 9.84 Å². The van der Waals surface area contributed by atoms with Crippen LogP contribution in [0, 0.1) is 13.8 Å². The minimum absolute atomic E-state index is 0.0969. The Bertz CT molecular complexity index is 1260. The molecule has 184 valence electrons. The molecule has 0 aliphatic heterocycles. The van der Waals surface area contributed by atoms with E-state index in [4.69, 9.17) is 9.84 Å². The van der Waals surface area contributed by atoms with Gasteiger partial charge in [0.15, 0.2) is 5.82 Å². The van der Waals surface area contributed by atoms with Gasteiger partial charge in [0.2, 0.25) is 0 Å². The Balaban J connectivity index is 1.77. The van der Waals surface area contributed by atoms with Crippen LogP contribution in [-0.2, 0) is 0 Å². The van der Waals surface area contributed by atoms with Gasteiger partial charge in [0.25, 0.3) is 0 Å². The summed E-state index contributed by atoms with van der Waals surface area (Å²) >= 11 is 0. The van der Waals surface area contributed by atoms with Crippen LogP contribution in [0.4, 0.5) is 5.82 Å². The van der Waals surface area contributed by atoms with Gasteiger partial charge in [0, 0.05) is 26.6 Å². The highest BCUT2D eigenvalue weighted by Crippen LogP contribution is 2.34. The number of ether oxygens (including phenoxy) is 1. The molecule has 0 saturated heterocycles. The van der Waals surface area contributed by atoms with Crippen molar-refractivity contribution in [2.45, 2.75) is 32.8 Å². The van der Waals surface area contributed by atoms with Crippen molar-refractivity contribution in [2.24, 2.45) is 0 Å². The minimum atomic E-state index is -0.0969. The number of hydrogen-bond acceptors (Lipinski definition) is 7. The van der Waals surface area contributed by atoms with Crippen molar-refractivity contribution in [1.29, 1.82) is 0 Å². The summed E-state index contributed by atoms with van der Waals surface area (Å²) in [5.41, 5.74) is 4.61. The zero-order valence-electron chi connectivity index (χ0n) is 20.9. The number of benzene rings is 2. The summed E-state index contributed by atoms with van der Waals surface area (Å²) in [5, 5.41) is 27.3. The van der Waals surface area contributed by atoms with E-state index in [9.17, 15) is 5.11 Å². The summed E-state index contributed by atoms with van der Waals surface area (Å²) in [6, 6.07) is 18.3. The third kappa shape index (κ3) is 5.28. The molecule has 0 aliphatic rings. The molecule has 2 aromatic carbocycles. The molecule has 0 bridgehead atoms. The predicted octanol–water partition coefficient (Wildman–Crippen LogP) is 3.98. The molecule has 1 atom stereocenters. The highest BCUT2D eigenvalue weighted by atomic mass is 16.5. The molecule has 0 spiro atoms. The lowest BCUT2D eigenvalue weighted by Gasteiger charge is -2.22. The highest BCUT2D eigenvalue weighted by molar-refractivity contribution is 5.92. The van der Waals surface area contributed by atoms with Gasteiger partial charge in [-0.3, -0.25) is 0 Å². The number of para-hydroxylation sites is 2. The molecule has 0 saturated carbocycles. The fourth-order valence-electron chi connectivity index (χ4n) is 4.34. The van der Waals surface area contributed by atoms with Crippen LogP contribution >= 0.6 is 0 Å². The maximum Gasteiger partial charge on any atom is 0.179 e. The van der Waals surface area contributed by atoms with Gasteiger partial charge in [-0.15, -0.1) is 5.10 Å². The monoisotopic (exact) mass is 474 g/mol. The molecule has 8 nitrogen and oxygen atoms in total. The molecule has 8 heteroatoms. The maximum atomic E-state index is 9.25. The molecule has 0 aliphatic carbocycles. The van der Waals surface area contributed by atoms with E-state index in [0.29, 0.717) is 18.8 Å². The van der Waals surface area contributed by atoms with Crippen molar-refractivity contribution in [3.05, 3.63) is 71.5 Å². The number of aryl methyl sites for hydroxylation is 2. The Morgan fingerprint density at radius 1 is 1.06 bits per heavy atom. The normalized spacial score (nSPS) is 12.1. The minimum Gasteiger partial charge on any atom is -0.483 e. The number of nitrogens with zero attached hydrogens (tertiary/aromatic N) is 5. The highest BCUT2D eigenvalue weighted by Gasteiger charge is 2.22. The van der Waals surface area contributed by atoms with E-state index in [-0.39, 0.29) is 12.7 Å². The summed E-state index contributed by atoms with van der Waals surface area (Å²) in [5.74, 6) is 1.47. The zero-order valence-corrected chi connectivity index (χ0v) is 20.9. The molecule has 2 N–H and O–H groups in total. The van der Waals surface area contributed by atoms with Crippen molar-refractivity contribution in [3.8, 4) is 11.4 Å². The summed E-state index contributed by atoms with van der Waals surface area (Å²) in [6.45, 7) is 5.64. The number of aliphatic hydroxyl groups is 1. The number of aliphatic hydroxyl groups excluding tert-OH is 1. The molecule has 0 radical (unpaired) electrons. The van der Waals surface area contributed by atoms with E-state index in [1.54, 1.807) is 0 Å². The Labute approximate surface area is 206 Å². The van der Waals surface area contributed by atoms with Crippen LogP contribution in [0.3, 0.4) is 0 Å². The second kappa shape index (κ2) is 11.3. The van der Waals surface area contributed by atoms with Crippen molar-refractivity contribution in [3.63, 3.8) is 0 Å². The van der Waals surface area contributed by atoms with Crippen molar-refractivity contribution in [1.82, 2.24) is 25.3 Å². The Morgan fingerprint density at radius 3 is 2.54 bits per heavy atom. The lowest BCUT2D eigenvalue weighted by Crippen LogP contribution is -2.21. The van der Waals surface area contributed by atoms with Crippen molar-refractivity contribution in [2.75, 3.05) is 38.7 Å². The van der Waals surface area contributed by atoms with Gasteiger partial charge in [-0.1, -0.05) is 42.5 Å². The molecular weight excluding hydrogens is 440 g/mol. The summed E-state index contributed by atoms with van der Waals surface area (Å²) in [4.78, 5) is 1.99. The van der Waals surface area contributed by atoms with Gasteiger partial charge in [-0.25, -0.2) is 4.68 Å². The van der Waals surface area contributed by atoms with E-state index in [1.807, 2.05) is 80.0 Å². The van der Waals surface area contributed by atoms with Gasteiger partial charge in [0.05, 0.1) is 16.8 Å². The molecule has 2 heterocycles. The summed E-state index contributed by atoms with van der Waals surface area (Å²) < 4.78 is 8.56. The fourth-order valence-corrected chi connectivity index (χ4v) is 4.34. The molecular formula is C27H34N6O2. The van der Waals surface area contributed by atoms with Gasteiger partial charge in [-0.2, -0.15) is 10.2 Å². The number of hydrogen-bond donors (Lipinski definition) is 2. The lowest BCUT2D eigenvalue weighted by molar-refractivity contribution is 0.194. The summed E-state index contributed by atoms with van der Waals surface area (Å²) in [7, 11) is 3.90. The average molecular weight is 475 g/mol. The number of rotatable bonds is 11. The van der Waals surface area contributed by atoms with Crippen LogP contribution in [0.1, 0.15) is 35.9 Å². The van der Waals surface area contributed by atoms with Crippen LogP contribution in [0.2, 0.25) is 0 Å². The summed E-state index contributed by atoms with van der Waals surface area (Å²) in [6.07, 6.45) is 1.39. The topological polar surface area (TPSA) is 88.3 Å². The third-order valence-electron chi connectivity index (χ3n) is 6.19. The predicted molar refractivity (Wildman–Crippen MR) is 139 cm³/mol. The van der Waals surface area contributed by atoms with E-state index < -0.39 is 0 Å². The second-order valence-electron chi connectivity index (χ2n) is 8.71. The zero-order chi connectivity index (χ0) is 24.8. The Morgan fingerprint density at radius 2 is 1.80 bits per heavy atom. The van der Waals surface area contributed by atoms with Crippen LogP contribution in [-0.4, -0.2) is 58.9 Å². The molecule has 0 fully saturated rings. The van der Waals surface area contributed by atoms with Gasteiger partial charge in [-0.05, 0) is 51.6 Å². The molecule has 2 aromatic heterocycles. The lowest BCUT2D eigenvalue weighted by atomic mass is 10.1. The van der Waals surface area contributed by atoms with E-state index in [0.717, 1.165) is 52.3 Å². The van der Waals surface area contributed by atoms with Gasteiger partial charge >= 0.3 is 0 Å².